The first-order chi connectivity index (χ1) is 16.9. The lowest BCUT2D eigenvalue weighted by Gasteiger charge is -2.27. The molecule has 1 N–H and O–H groups in total. The van der Waals surface area contributed by atoms with Crippen LogP contribution in [-0.2, 0) is 14.4 Å². The van der Waals surface area contributed by atoms with Gasteiger partial charge in [-0.25, -0.2) is 0 Å². The number of hydrogen-bond donors (Lipinski definition) is 1. The number of carbonyl (C=O) groups is 4. The van der Waals surface area contributed by atoms with Crippen molar-refractivity contribution in [3.63, 3.8) is 0 Å². The molecule has 0 unspecified atom stereocenters. The van der Waals surface area contributed by atoms with E-state index in [9.17, 15) is 19.2 Å². The molecule has 0 bridgehead atoms. The second kappa shape index (κ2) is 11.4. The van der Waals surface area contributed by atoms with E-state index in [2.05, 4.69) is 5.32 Å². The van der Waals surface area contributed by atoms with E-state index >= 15 is 0 Å². The molecule has 4 rings (SSSR count). The van der Waals surface area contributed by atoms with Gasteiger partial charge >= 0.3 is 0 Å². The van der Waals surface area contributed by atoms with Gasteiger partial charge < -0.3 is 15.0 Å². The summed E-state index contributed by atoms with van der Waals surface area (Å²) in [5.74, 6) is -0.801. The molecule has 2 aliphatic rings. The van der Waals surface area contributed by atoms with Crippen LogP contribution in [0.2, 0.25) is 5.02 Å². The summed E-state index contributed by atoms with van der Waals surface area (Å²) in [5.41, 5.74) is 1.09. The number of rotatable bonds is 7. The van der Waals surface area contributed by atoms with Gasteiger partial charge in [-0.15, -0.1) is 0 Å². The molecule has 0 saturated carbocycles. The van der Waals surface area contributed by atoms with E-state index in [0.29, 0.717) is 35.1 Å². The van der Waals surface area contributed by atoms with Crippen LogP contribution >= 0.6 is 23.4 Å². The number of nitrogens with one attached hydrogen (secondary N) is 1. The fraction of sp³-hybridized carbons (Fsp3) is 0.280. The van der Waals surface area contributed by atoms with Crippen LogP contribution in [0.1, 0.15) is 24.8 Å². The Balaban J connectivity index is 1.44. The zero-order valence-corrected chi connectivity index (χ0v) is 20.4. The maximum Gasteiger partial charge on any atom is 0.294 e. The molecule has 2 saturated heterocycles. The Labute approximate surface area is 212 Å². The molecule has 182 valence electrons. The number of benzene rings is 2. The van der Waals surface area contributed by atoms with E-state index in [0.717, 1.165) is 35.9 Å². The number of amides is 4. The number of halogens is 1. The molecule has 10 heteroatoms. The number of anilines is 1. The number of nitrogens with zero attached hydrogens (tertiary/aromatic N) is 2. The summed E-state index contributed by atoms with van der Waals surface area (Å²) < 4.78 is 5.67. The zero-order chi connectivity index (χ0) is 24.8. The molecule has 0 radical (unpaired) electrons. The lowest BCUT2D eigenvalue weighted by Crippen LogP contribution is -2.44. The van der Waals surface area contributed by atoms with Crippen LogP contribution in [0.25, 0.3) is 6.08 Å². The zero-order valence-electron chi connectivity index (χ0n) is 18.9. The average molecular weight is 514 g/mol. The minimum absolute atomic E-state index is 0.155. The van der Waals surface area contributed by atoms with Gasteiger partial charge in [0.25, 0.3) is 17.1 Å². The van der Waals surface area contributed by atoms with E-state index in [1.165, 1.54) is 6.08 Å². The lowest BCUT2D eigenvalue weighted by molar-refractivity contribution is -0.136. The van der Waals surface area contributed by atoms with Gasteiger partial charge in [-0.1, -0.05) is 29.8 Å². The summed E-state index contributed by atoms with van der Waals surface area (Å²) in [7, 11) is 0. The van der Waals surface area contributed by atoms with Crippen LogP contribution in [0.15, 0.2) is 53.4 Å². The Morgan fingerprint density at radius 3 is 2.54 bits per heavy atom. The van der Waals surface area contributed by atoms with Gasteiger partial charge in [0.15, 0.2) is 6.61 Å². The first-order valence-corrected chi connectivity index (χ1v) is 12.4. The highest BCUT2D eigenvalue weighted by Gasteiger charge is 2.37. The number of likely N-dealkylation sites (tertiary alicyclic amines) is 1. The molecule has 0 atom stereocenters. The van der Waals surface area contributed by atoms with Crippen LogP contribution < -0.4 is 10.1 Å². The number of para-hydroxylation sites is 1. The monoisotopic (exact) mass is 513 g/mol. The third kappa shape index (κ3) is 6.43. The van der Waals surface area contributed by atoms with Gasteiger partial charge in [-0.2, -0.15) is 0 Å². The number of carbonyl (C=O) groups excluding carboxylic acids is 4. The molecule has 2 aliphatic heterocycles. The fourth-order valence-electron chi connectivity index (χ4n) is 3.78. The highest BCUT2D eigenvalue weighted by molar-refractivity contribution is 8.18. The number of imide groups is 1. The Morgan fingerprint density at radius 2 is 1.80 bits per heavy atom. The SMILES string of the molecule is O=C(COc1ccc(Cl)cc1/C=C1\SC(=O)N(CC(=O)N2CCCCC2)C1=O)Nc1ccccc1. The van der Waals surface area contributed by atoms with Gasteiger partial charge in [0.1, 0.15) is 12.3 Å². The maximum atomic E-state index is 12.9. The summed E-state index contributed by atoms with van der Waals surface area (Å²) in [6.45, 7) is 0.752. The molecule has 2 aromatic carbocycles. The summed E-state index contributed by atoms with van der Waals surface area (Å²) in [4.78, 5) is 53.0. The third-order valence-electron chi connectivity index (χ3n) is 5.55. The molecule has 2 aromatic rings. The minimum Gasteiger partial charge on any atom is -0.483 e. The Kier molecular flexibility index (Phi) is 8.09. The first-order valence-electron chi connectivity index (χ1n) is 11.2. The van der Waals surface area contributed by atoms with Gasteiger partial charge in [0.2, 0.25) is 5.91 Å². The van der Waals surface area contributed by atoms with Gasteiger partial charge in [0.05, 0.1) is 4.91 Å². The number of piperidine rings is 1. The minimum atomic E-state index is -0.543. The molecule has 35 heavy (non-hydrogen) atoms. The van der Waals surface area contributed by atoms with E-state index in [1.807, 2.05) is 6.07 Å². The molecule has 2 heterocycles. The van der Waals surface area contributed by atoms with Crippen molar-refractivity contribution in [1.82, 2.24) is 9.80 Å². The second-order valence-electron chi connectivity index (χ2n) is 8.09. The standard InChI is InChI=1S/C25H24ClN3O5S/c26-18-9-10-20(34-16-22(30)27-19-7-3-1-4-8-19)17(13-18)14-21-24(32)29(25(33)35-21)15-23(31)28-11-5-2-6-12-28/h1,3-4,7-10,13-14H,2,5-6,11-12,15-16H2,(H,27,30)/b21-14-. The van der Waals surface area contributed by atoms with Crippen LogP contribution in [0.5, 0.6) is 5.75 Å². The molecule has 4 amide bonds. The molecule has 0 aromatic heterocycles. The maximum absolute atomic E-state index is 12.9. The normalized spacial score (nSPS) is 17.1. The fourth-order valence-corrected chi connectivity index (χ4v) is 4.79. The van der Waals surface area contributed by atoms with Gasteiger partial charge in [-0.05, 0) is 67.4 Å². The summed E-state index contributed by atoms with van der Waals surface area (Å²) in [6.07, 6.45) is 4.42. The van der Waals surface area contributed by atoms with Crippen molar-refractivity contribution in [2.24, 2.45) is 0 Å². The van der Waals surface area contributed by atoms with Gasteiger partial charge in [0, 0.05) is 29.4 Å². The molecular weight excluding hydrogens is 490 g/mol. The first kappa shape index (κ1) is 24.8. The molecular formula is C25H24ClN3O5S. The Hall–Kier alpha value is -3.30. The highest BCUT2D eigenvalue weighted by atomic mass is 35.5. The van der Waals surface area contributed by atoms with Crippen LogP contribution in [-0.4, -0.2) is 59.0 Å². The van der Waals surface area contributed by atoms with Crippen LogP contribution in [0.4, 0.5) is 10.5 Å². The van der Waals surface area contributed by atoms with E-state index in [-0.39, 0.29) is 29.9 Å². The third-order valence-corrected chi connectivity index (χ3v) is 6.69. The van der Waals surface area contributed by atoms with Crippen molar-refractivity contribution < 1.29 is 23.9 Å². The molecule has 0 spiro atoms. The number of hydrogen-bond acceptors (Lipinski definition) is 6. The van der Waals surface area contributed by atoms with Crippen molar-refractivity contribution in [2.75, 3.05) is 31.6 Å². The van der Waals surface area contributed by atoms with Crippen molar-refractivity contribution in [1.29, 1.82) is 0 Å². The quantitative estimate of drug-likeness (QED) is 0.551. The van der Waals surface area contributed by atoms with E-state index < -0.39 is 11.1 Å². The van der Waals surface area contributed by atoms with E-state index in [4.69, 9.17) is 16.3 Å². The largest absolute Gasteiger partial charge is 0.483 e. The smallest absolute Gasteiger partial charge is 0.294 e. The van der Waals surface area contributed by atoms with Crippen molar-refractivity contribution in [2.45, 2.75) is 19.3 Å². The predicted molar refractivity (Wildman–Crippen MR) is 135 cm³/mol. The Morgan fingerprint density at radius 1 is 1.06 bits per heavy atom. The summed E-state index contributed by atoms with van der Waals surface area (Å²) in [5, 5.41) is 2.63. The van der Waals surface area contributed by atoms with Gasteiger partial charge in [-0.3, -0.25) is 24.1 Å². The topological polar surface area (TPSA) is 96.0 Å². The average Bonchev–Trinajstić information content (AvgIpc) is 3.12. The van der Waals surface area contributed by atoms with Crippen molar-refractivity contribution >= 4 is 58.1 Å². The van der Waals surface area contributed by atoms with Crippen molar-refractivity contribution in [3.8, 4) is 5.75 Å². The summed E-state index contributed by atoms with van der Waals surface area (Å²) >= 11 is 6.89. The Bertz CT molecular complexity index is 1160. The highest BCUT2D eigenvalue weighted by Crippen LogP contribution is 2.35. The molecule has 0 aliphatic carbocycles. The lowest BCUT2D eigenvalue weighted by atomic mass is 10.1. The van der Waals surface area contributed by atoms with Crippen molar-refractivity contribution in [3.05, 3.63) is 64.0 Å². The second-order valence-corrected chi connectivity index (χ2v) is 9.52. The molecule has 8 nitrogen and oxygen atoms in total. The number of thioether (sulfide) groups is 1. The summed E-state index contributed by atoms with van der Waals surface area (Å²) in [6, 6.07) is 13.8. The predicted octanol–water partition coefficient (Wildman–Crippen LogP) is 4.41. The molecule has 2 fully saturated rings. The number of ether oxygens (including phenoxy) is 1. The van der Waals surface area contributed by atoms with Crippen LogP contribution in [0.3, 0.4) is 0 Å². The van der Waals surface area contributed by atoms with Crippen LogP contribution in [0, 0.1) is 0 Å². The van der Waals surface area contributed by atoms with E-state index in [1.54, 1.807) is 47.4 Å².